The van der Waals surface area contributed by atoms with Crippen LogP contribution in [0.25, 0.3) is 115 Å². The summed E-state index contributed by atoms with van der Waals surface area (Å²) >= 11 is 0. The first kappa shape index (κ1) is 41.5. The molecule has 14 aromatic rings. The van der Waals surface area contributed by atoms with Crippen LogP contribution in [0, 0.1) is 0 Å². The van der Waals surface area contributed by atoms with Crippen LogP contribution in [0.1, 0.15) is 0 Å². The van der Waals surface area contributed by atoms with Crippen LogP contribution in [0.5, 0.6) is 0 Å². The predicted molar refractivity (Wildman–Crippen MR) is 307 cm³/mol. The molecule has 1 heterocycles. The summed E-state index contributed by atoms with van der Waals surface area (Å²) < 4.78 is 2.51. The summed E-state index contributed by atoms with van der Waals surface area (Å²) in [5, 5.41) is 12.4. The molecule has 0 atom stereocenters. The van der Waals surface area contributed by atoms with E-state index in [9.17, 15) is 0 Å². The number of benzene rings is 13. The lowest BCUT2D eigenvalue weighted by molar-refractivity contribution is 1.19. The van der Waals surface area contributed by atoms with E-state index in [0.29, 0.717) is 0 Å². The molecular weight excluding hydrogens is 869 g/mol. The van der Waals surface area contributed by atoms with E-state index in [4.69, 9.17) is 0 Å². The van der Waals surface area contributed by atoms with Gasteiger partial charge in [0.2, 0.25) is 0 Å². The first-order valence-electron chi connectivity index (χ1n) is 24.8. The van der Waals surface area contributed by atoms with Gasteiger partial charge in [-0.3, -0.25) is 0 Å². The molecule has 0 radical (unpaired) electrons. The van der Waals surface area contributed by atoms with Crippen molar-refractivity contribution >= 4 is 82.0 Å². The predicted octanol–water partition coefficient (Wildman–Crippen LogP) is 19.5. The summed E-state index contributed by atoms with van der Waals surface area (Å²) in [4.78, 5) is 2.42. The molecule has 0 spiro atoms. The standard InChI is InChI=1S/C70H46N2/c1-2-18-48(19-3-1)60-35-17-37-68(72-67-36-13-12-33-64(67)65-43-40-49-21-5-9-30-61(49)70(65)72)69(60)50-38-41-54(42-39-50)71(55-26-14-24-51(44-55)58-34-16-23-47-20-4-7-28-57(47)58)56-27-15-25-52(45-56)66-46-53-22-6-8-29-59(53)62-31-10-11-32-63(62)66/h1-46H. The fraction of sp³-hybridized carbons (Fsp3) is 0. The third-order valence-electron chi connectivity index (χ3n) is 14.7. The zero-order valence-electron chi connectivity index (χ0n) is 39.5. The molecule has 336 valence electrons. The van der Waals surface area contributed by atoms with Crippen molar-refractivity contribution in [2.24, 2.45) is 0 Å². The molecule has 0 aliphatic heterocycles. The number of fused-ring (bicyclic) bond motifs is 9. The van der Waals surface area contributed by atoms with Gasteiger partial charge in [0, 0.05) is 38.8 Å². The van der Waals surface area contributed by atoms with Crippen molar-refractivity contribution in [3.05, 3.63) is 279 Å². The van der Waals surface area contributed by atoms with Crippen molar-refractivity contribution < 1.29 is 0 Å². The van der Waals surface area contributed by atoms with Crippen LogP contribution < -0.4 is 4.90 Å². The Balaban J connectivity index is 0.979. The number of hydrogen-bond donors (Lipinski definition) is 0. The minimum absolute atomic E-state index is 1.07. The molecule has 0 bridgehead atoms. The third kappa shape index (κ3) is 6.88. The van der Waals surface area contributed by atoms with Gasteiger partial charge >= 0.3 is 0 Å². The molecular formula is C70H46N2. The Morgan fingerprint density at radius 2 is 0.792 bits per heavy atom. The summed E-state index contributed by atoms with van der Waals surface area (Å²) in [5.41, 5.74) is 16.2. The van der Waals surface area contributed by atoms with E-state index in [0.717, 1.165) is 28.3 Å². The Hall–Kier alpha value is -9.50. The van der Waals surface area contributed by atoms with Gasteiger partial charge in [0.1, 0.15) is 0 Å². The highest BCUT2D eigenvalue weighted by molar-refractivity contribution is 6.19. The molecule has 2 nitrogen and oxygen atoms in total. The molecule has 0 saturated carbocycles. The van der Waals surface area contributed by atoms with Crippen molar-refractivity contribution in [2.45, 2.75) is 0 Å². The fourth-order valence-electron chi connectivity index (χ4n) is 11.5. The van der Waals surface area contributed by atoms with Crippen LogP contribution >= 0.6 is 0 Å². The average molecular weight is 915 g/mol. The Kier molecular flexibility index (Phi) is 9.89. The molecule has 14 rings (SSSR count). The number of aromatic nitrogens is 1. The maximum Gasteiger partial charge on any atom is 0.0619 e. The second-order valence-electron chi connectivity index (χ2n) is 18.8. The van der Waals surface area contributed by atoms with Gasteiger partial charge in [0.05, 0.1) is 16.7 Å². The molecule has 0 fully saturated rings. The van der Waals surface area contributed by atoms with Gasteiger partial charge in [-0.05, 0) is 131 Å². The SMILES string of the molecule is c1ccc(-c2cccc(-n3c4ccccc4c4ccc5ccccc5c43)c2-c2ccc(N(c3cccc(-c4cccc5ccccc45)c3)c3cccc(-c4cc5ccccc5c5ccccc45)c3)cc2)cc1. The van der Waals surface area contributed by atoms with Crippen LogP contribution in [0.3, 0.4) is 0 Å². The summed E-state index contributed by atoms with van der Waals surface area (Å²) in [6, 6.07) is 102. The topological polar surface area (TPSA) is 8.17 Å². The number of hydrogen-bond acceptors (Lipinski definition) is 1. The second-order valence-corrected chi connectivity index (χ2v) is 18.8. The van der Waals surface area contributed by atoms with E-state index < -0.39 is 0 Å². The van der Waals surface area contributed by atoms with Gasteiger partial charge in [-0.15, -0.1) is 0 Å². The highest BCUT2D eigenvalue weighted by atomic mass is 15.1. The van der Waals surface area contributed by atoms with Crippen molar-refractivity contribution in [3.8, 4) is 50.2 Å². The second kappa shape index (κ2) is 17.2. The molecule has 0 aliphatic carbocycles. The minimum Gasteiger partial charge on any atom is -0.310 e. The quantitative estimate of drug-likeness (QED) is 0.138. The zero-order chi connectivity index (χ0) is 47.5. The maximum atomic E-state index is 2.51. The Labute approximate surface area is 418 Å². The summed E-state index contributed by atoms with van der Waals surface area (Å²) in [5.74, 6) is 0. The third-order valence-corrected chi connectivity index (χ3v) is 14.7. The molecule has 2 heteroatoms. The smallest absolute Gasteiger partial charge is 0.0619 e. The maximum absolute atomic E-state index is 2.51. The molecule has 1 aromatic heterocycles. The van der Waals surface area contributed by atoms with Gasteiger partial charge in [-0.2, -0.15) is 0 Å². The van der Waals surface area contributed by atoms with Gasteiger partial charge in [0.25, 0.3) is 0 Å². The van der Waals surface area contributed by atoms with Crippen molar-refractivity contribution in [3.63, 3.8) is 0 Å². The number of rotatable bonds is 8. The van der Waals surface area contributed by atoms with E-state index in [-0.39, 0.29) is 0 Å². The Morgan fingerprint density at radius 3 is 1.56 bits per heavy atom. The van der Waals surface area contributed by atoms with Crippen LogP contribution in [0.4, 0.5) is 17.1 Å². The van der Waals surface area contributed by atoms with Crippen LogP contribution in [0.2, 0.25) is 0 Å². The van der Waals surface area contributed by atoms with Crippen LogP contribution in [0.15, 0.2) is 279 Å². The lowest BCUT2D eigenvalue weighted by Crippen LogP contribution is -2.10. The van der Waals surface area contributed by atoms with Gasteiger partial charge in [0.15, 0.2) is 0 Å². The lowest BCUT2D eigenvalue weighted by Gasteiger charge is -2.27. The number of anilines is 3. The Morgan fingerprint density at radius 1 is 0.250 bits per heavy atom. The minimum atomic E-state index is 1.07. The highest BCUT2D eigenvalue weighted by Gasteiger charge is 2.22. The van der Waals surface area contributed by atoms with Crippen molar-refractivity contribution in [1.82, 2.24) is 4.57 Å². The molecule has 13 aromatic carbocycles. The Bertz CT molecular complexity index is 4390. The fourth-order valence-corrected chi connectivity index (χ4v) is 11.5. The first-order chi connectivity index (χ1) is 35.7. The monoisotopic (exact) mass is 914 g/mol. The molecule has 0 N–H and O–H groups in total. The van der Waals surface area contributed by atoms with Crippen molar-refractivity contribution in [1.29, 1.82) is 0 Å². The molecule has 0 aliphatic rings. The number of para-hydroxylation sites is 1. The van der Waals surface area contributed by atoms with Gasteiger partial charge in [-0.25, -0.2) is 0 Å². The first-order valence-corrected chi connectivity index (χ1v) is 24.8. The van der Waals surface area contributed by atoms with E-state index in [2.05, 4.69) is 289 Å². The normalized spacial score (nSPS) is 11.6. The number of nitrogens with zero attached hydrogens (tertiary/aromatic N) is 2. The average Bonchev–Trinajstić information content (AvgIpc) is 3.80. The van der Waals surface area contributed by atoms with E-state index in [1.807, 2.05) is 0 Å². The largest absolute Gasteiger partial charge is 0.310 e. The summed E-state index contributed by atoms with van der Waals surface area (Å²) in [6.45, 7) is 0. The molecule has 0 unspecified atom stereocenters. The lowest BCUT2D eigenvalue weighted by atomic mass is 9.92. The van der Waals surface area contributed by atoms with E-state index >= 15 is 0 Å². The summed E-state index contributed by atoms with van der Waals surface area (Å²) in [6.07, 6.45) is 0. The highest BCUT2D eigenvalue weighted by Crippen LogP contribution is 2.46. The van der Waals surface area contributed by atoms with E-state index in [1.54, 1.807) is 0 Å². The molecule has 0 amide bonds. The zero-order valence-corrected chi connectivity index (χ0v) is 39.5. The van der Waals surface area contributed by atoms with Crippen molar-refractivity contribution in [2.75, 3.05) is 4.90 Å². The molecule has 0 saturated heterocycles. The van der Waals surface area contributed by atoms with Crippen LogP contribution in [-0.4, -0.2) is 4.57 Å². The van der Waals surface area contributed by atoms with Gasteiger partial charge < -0.3 is 9.47 Å². The van der Waals surface area contributed by atoms with Crippen LogP contribution in [-0.2, 0) is 0 Å². The van der Waals surface area contributed by atoms with Gasteiger partial charge in [-0.1, -0.05) is 224 Å². The van der Waals surface area contributed by atoms with E-state index in [1.165, 1.54) is 104 Å². The molecule has 72 heavy (non-hydrogen) atoms. The summed E-state index contributed by atoms with van der Waals surface area (Å²) in [7, 11) is 0.